The molecular formula is C16H13ClN2O3S. The summed E-state index contributed by atoms with van der Waals surface area (Å²) in [6.07, 6.45) is 6.54. The van der Waals surface area contributed by atoms with Gasteiger partial charge in [-0.15, -0.1) is 11.8 Å². The molecule has 0 saturated carbocycles. The van der Waals surface area contributed by atoms with Crippen LogP contribution in [0.5, 0.6) is 5.75 Å². The molecule has 0 aliphatic heterocycles. The molecule has 0 saturated heterocycles. The van der Waals surface area contributed by atoms with Crippen LogP contribution in [0.1, 0.15) is 5.56 Å². The lowest BCUT2D eigenvalue weighted by Crippen LogP contribution is -2.24. The van der Waals surface area contributed by atoms with E-state index >= 15 is 0 Å². The minimum atomic E-state index is -0.532. The van der Waals surface area contributed by atoms with Gasteiger partial charge in [0.25, 0.3) is 5.56 Å². The zero-order valence-electron chi connectivity index (χ0n) is 12.2. The Morgan fingerprint density at radius 3 is 2.74 bits per heavy atom. The molecule has 0 aliphatic rings. The minimum absolute atomic E-state index is 0.0303. The molecule has 118 valence electrons. The van der Waals surface area contributed by atoms with Gasteiger partial charge >= 0.3 is 0 Å². The molecule has 3 aromatic rings. The van der Waals surface area contributed by atoms with Crippen LogP contribution >= 0.6 is 23.4 Å². The summed E-state index contributed by atoms with van der Waals surface area (Å²) in [5.41, 5.74) is -0.145. The fraction of sp³-hybridized carbons (Fsp3) is 0.125. The van der Waals surface area contributed by atoms with Crippen molar-refractivity contribution in [2.45, 2.75) is 11.4 Å². The van der Waals surface area contributed by atoms with Crippen LogP contribution in [-0.4, -0.2) is 20.3 Å². The summed E-state index contributed by atoms with van der Waals surface area (Å²) in [5, 5.41) is 10.7. The Bertz CT molecular complexity index is 1010. The SMILES string of the molecule is CSc1cn2ccn(Cc3cccc(Cl)c3)c(=O)c2c(O)c1=O. The molecule has 0 bridgehead atoms. The van der Waals surface area contributed by atoms with Crippen molar-refractivity contribution in [2.75, 3.05) is 6.26 Å². The quantitative estimate of drug-likeness (QED) is 0.739. The Labute approximate surface area is 140 Å². The maximum atomic E-state index is 12.6. The van der Waals surface area contributed by atoms with Crippen LogP contribution in [0, 0.1) is 0 Å². The number of fused-ring (bicyclic) bond motifs is 1. The maximum Gasteiger partial charge on any atom is 0.279 e. The van der Waals surface area contributed by atoms with E-state index in [9.17, 15) is 14.7 Å². The Morgan fingerprint density at radius 2 is 2.04 bits per heavy atom. The molecule has 0 amide bonds. The largest absolute Gasteiger partial charge is 0.503 e. The topological polar surface area (TPSA) is 63.7 Å². The van der Waals surface area contributed by atoms with Gasteiger partial charge in [0.2, 0.25) is 5.43 Å². The summed E-state index contributed by atoms with van der Waals surface area (Å²) < 4.78 is 2.90. The molecule has 1 N–H and O–H groups in total. The zero-order valence-corrected chi connectivity index (χ0v) is 13.8. The number of benzene rings is 1. The zero-order chi connectivity index (χ0) is 16.6. The number of halogens is 1. The highest BCUT2D eigenvalue weighted by atomic mass is 35.5. The van der Waals surface area contributed by atoms with E-state index in [1.54, 1.807) is 43.0 Å². The van der Waals surface area contributed by atoms with E-state index in [4.69, 9.17) is 11.6 Å². The molecule has 0 spiro atoms. The van der Waals surface area contributed by atoms with Crippen LogP contribution in [0.15, 0.2) is 57.3 Å². The molecule has 1 aromatic carbocycles. The highest BCUT2D eigenvalue weighted by Crippen LogP contribution is 2.17. The van der Waals surface area contributed by atoms with Gasteiger partial charge in [0.1, 0.15) is 0 Å². The summed E-state index contributed by atoms with van der Waals surface area (Å²) in [4.78, 5) is 25.0. The normalized spacial score (nSPS) is 11.0. The third kappa shape index (κ3) is 2.87. The first-order chi connectivity index (χ1) is 11.0. The number of hydrogen-bond donors (Lipinski definition) is 1. The molecule has 0 radical (unpaired) electrons. The molecule has 5 nitrogen and oxygen atoms in total. The van der Waals surface area contributed by atoms with Crippen molar-refractivity contribution in [3.63, 3.8) is 0 Å². The highest BCUT2D eigenvalue weighted by molar-refractivity contribution is 7.98. The lowest BCUT2D eigenvalue weighted by Gasteiger charge is -2.10. The Balaban J connectivity index is 2.18. The summed E-state index contributed by atoms with van der Waals surface area (Å²) >= 11 is 7.17. The van der Waals surface area contributed by atoms with Crippen LogP contribution in [0.3, 0.4) is 0 Å². The third-order valence-corrected chi connectivity index (χ3v) is 4.48. The molecule has 2 aromatic heterocycles. The number of aromatic hydroxyl groups is 1. The monoisotopic (exact) mass is 348 g/mol. The predicted octanol–water partition coefficient (Wildman–Crippen LogP) is 2.59. The van der Waals surface area contributed by atoms with Gasteiger partial charge < -0.3 is 14.1 Å². The van der Waals surface area contributed by atoms with Crippen LogP contribution in [0.4, 0.5) is 0 Å². The van der Waals surface area contributed by atoms with Crippen molar-refractivity contribution >= 4 is 28.9 Å². The second kappa shape index (κ2) is 6.14. The first-order valence-corrected chi connectivity index (χ1v) is 8.37. The smallest absolute Gasteiger partial charge is 0.279 e. The van der Waals surface area contributed by atoms with Crippen molar-refractivity contribution in [2.24, 2.45) is 0 Å². The van der Waals surface area contributed by atoms with Crippen molar-refractivity contribution < 1.29 is 5.11 Å². The fourth-order valence-electron chi connectivity index (χ4n) is 2.38. The van der Waals surface area contributed by atoms with Gasteiger partial charge in [-0.2, -0.15) is 0 Å². The van der Waals surface area contributed by atoms with Crippen LogP contribution in [-0.2, 0) is 6.54 Å². The second-order valence-electron chi connectivity index (χ2n) is 4.99. The van der Waals surface area contributed by atoms with E-state index in [-0.39, 0.29) is 5.52 Å². The molecule has 0 aliphatic carbocycles. The molecule has 0 unspecified atom stereocenters. The molecule has 0 atom stereocenters. The Hall–Kier alpha value is -2.18. The van der Waals surface area contributed by atoms with Crippen molar-refractivity contribution in [1.29, 1.82) is 0 Å². The molecule has 2 heterocycles. The van der Waals surface area contributed by atoms with E-state index in [1.165, 1.54) is 20.7 Å². The van der Waals surface area contributed by atoms with Gasteiger partial charge in [-0.25, -0.2) is 0 Å². The summed E-state index contributed by atoms with van der Waals surface area (Å²) in [7, 11) is 0. The van der Waals surface area contributed by atoms with Gasteiger partial charge in [0, 0.05) is 23.6 Å². The van der Waals surface area contributed by atoms with Gasteiger partial charge in [-0.05, 0) is 24.0 Å². The van der Waals surface area contributed by atoms with Gasteiger partial charge in [-0.1, -0.05) is 23.7 Å². The van der Waals surface area contributed by atoms with Crippen molar-refractivity contribution in [1.82, 2.24) is 8.97 Å². The van der Waals surface area contributed by atoms with Crippen LogP contribution in [0.25, 0.3) is 5.52 Å². The van der Waals surface area contributed by atoms with E-state index in [2.05, 4.69) is 0 Å². The Morgan fingerprint density at radius 1 is 1.26 bits per heavy atom. The Kier molecular flexibility index (Phi) is 4.19. The van der Waals surface area contributed by atoms with Crippen molar-refractivity contribution in [3.8, 4) is 5.75 Å². The average molecular weight is 349 g/mol. The number of thioether (sulfide) groups is 1. The van der Waals surface area contributed by atoms with Gasteiger partial charge in [0.05, 0.1) is 11.4 Å². The molecule has 0 fully saturated rings. The first-order valence-electron chi connectivity index (χ1n) is 6.77. The molecule has 23 heavy (non-hydrogen) atoms. The van der Waals surface area contributed by atoms with Gasteiger partial charge in [-0.3, -0.25) is 9.59 Å². The number of hydrogen-bond acceptors (Lipinski definition) is 4. The average Bonchev–Trinajstić information content (AvgIpc) is 2.53. The number of aromatic nitrogens is 2. The highest BCUT2D eigenvalue weighted by Gasteiger charge is 2.14. The molecule has 7 heteroatoms. The second-order valence-corrected chi connectivity index (χ2v) is 6.28. The standard InChI is InChI=1S/C16H13ClN2O3S/c1-23-12-9-18-5-6-19(8-10-3-2-4-11(17)7-10)16(22)13(18)15(21)14(12)20/h2-7,9,21H,8H2,1H3. The molecular weight excluding hydrogens is 336 g/mol. The maximum absolute atomic E-state index is 12.6. The fourth-order valence-corrected chi connectivity index (χ4v) is 3.10. The van der Waals surface area contributed by atoms with Crippen LogP contribution < -0.4 is 11.0 Å². The van der Waals surface area contributed by atoms with Crippen molar-refractivity contribution in [3.05, 3.63) is 74.0 Å². The summed E-state index contributed by atoms with van der Waals surface area (Å²) in [6, 6.07) is 7.17. The number of nitrogens with zero attached hydrogens (tertiary/aromatic N) is 2. The summed E-state index contributed by atoms with van der Waals surface area (Å²) in [6.45, 7) is 0.299. The number of pyridine rings is 1. The minimum Gasteiger partial charge on any atom is -0.503 e. The molecule has 3 rings (SSSR count). The van der Waals surface area contributed by atoms with Gasteiger partial charge in [0.15, 0.2) is 11.3 Å². The number of rotatable bonds is 3. The van der Waals surface area contributed by atoms with E-state index in [1.807, 2.05) is 6.07 Å². The lowest BCUT2D eigenvalue weighted by molar-refractivity contribution is 0.469. The first kappa shape index (κ1) is 15.7. The summed E-state index contributed by atoms with van der Waals surface area (Å²) in [5.74, 6) is -0.526. The third-order valence-electron chi connectivity index (χ3n) is 3.51. The van der Waals surface area contributed by atoms with Crippen LogP contribution in [0.2, 0.25) is 5.02 Å². The van der Waals surface area contributed by atoms with E-state index in [0.717, 1.165) is 5.56 Å². The predicted molar refractivity (Wildman–Crippen MR) is 91.9 cm³/mol. The van der Waals surface area contributed by atoms with E-state index < -0.39 is 16.7 Å². The van der Waals surface area contributed by atoms with E-state index in [0.29, 0.717) is 16.5 Å². The lowest BCUT2D eigenvalue weighted by atomic mass is 10.2.